The van der Waals surface area contributed by atoms with Gasteiger partial charge in [0.1, 0.15) is 5.76 Å². The molecule has 0 bridgehead atoms. The molecule has 0 unspecified atom stereocenters. The Morgan fingerprint density at radius 3 is 2.42 bits per heavy atom. The Hall–Kier alpha value is -2.76. The van der Waals surface area contributed by atoms with E-state index in [1.807, 2.05) is 50.2 Å². The molecule has 1 aromatic carbocycles. The summed E-state index contributed by atoms with van der Waals surface area (Å²) in [6.07, 6.45) is 1.65. The number of benzene rings is 1. The number of aliphatic imine (C=N–C) groups is 1. The first-order chi connectivity index (χ1) is 11.7. The maximum atomic E-state index is 11.7. The van der Waals surface area contributed by atoms with Gasteiger partial charge in [-0.05, 0) is 43.7 Å². The van der Waals surface area contributed by atoms with Crippen molar-refractivity contribution < 1.29 is 9.21 Å². The second-order valence-corrected chi connectivity index (χ2v) is 5.18. The molecule has 0 aliphatic rings. The number of guanidine groups is 1. The summed E-state index contributed by atoms with van der Waals surface area (Å²) in [6.45, 7) is 6.43. The van der Waals surface area contributed by atoms with Crippen molar-refractivity contribution in [2.75, 3.05) is 13.1 Å². The summed E-state index contributed by atoms with van der Waals surface area (Å²) >= 11 is 0. The number of nitrogens with one attached hydrogen (secondary N) is 3. The molecule has 3 N–H and O–H groups in total. The molecule has 24 heavy (non-hydrogen) atoms. The van der Waals surface area contributed by atoms with Crippen LogP contribution in [-0.2, 0) is 13.1 Å². The van der Waals surface area contributed by atoms with Crippen molar-refractivity contribution in [2.45, 2.75) is 26.9 Å². The third-order valence-corrected chi connectivity index (χ3v) is 3.33. The van der Waals surface area contributed by atoms with Crippen molar-refractivity contribution in [3.63, 3.8) is 0 Å². The van der Waals surface area contributed by atoms with Crippen LogP contribution in [0, 0.1) is 0 Å². The van der Waals surface area contributed by atoms with E-state index in [1.54, 1.807) is 6.26 Å². The first-order valence-electron chi connectivity index (χ1n) is 8.14. The van der Waals surface area contributed by atoms with Gasteiger partial charge in [-0.15, -0.1) is 0 Å². The summed E-state index contributed by atoms with van der Waals surface area (Å²) in [6, 6.07) is 11.3. The van der Waals surface area contributed by atoms with Gasteiger partial charge in [0, 0.05) is 18.7 Å². The van der Waals surface area contributed by atoms with E-state index in [1.165, 1.54) is 0 Å². The fraction of sp³-hybridized carbons (Fsp3) is 0.333. The van der Waals surface area contributed by atoms with Crippen molar-refractivity contribution in [1.29, 1.82) is 0 Å². The SMILES string of the molecule is CCNC(=O)c1ccc(CN=C(NCC)NCc2ccco2)cc1. The second kappa shape index (κ2) is 9.39. The number of hydrogen-bond donors (Lipinski definition) is 3. The van der Waals surface area contributed by atoms with E-state index in [0.717, 1.165) is 23.8 Å². The molecule has 0 saturated heterocycles. The van der Waals surface area contributed by atoms with Crippen LogP contribution in [0.2, 0.25) is 0 Å². The van der Waals surface area contributed by atoms with Crippen molar-refractivity contribution in [3.05, 3.63) is 59.5 Å². The van der Waals surface area contributed by atoms with Gasteiger partial charge in [-0.25, -0.2) is 4.99 Å². The van der Waals surface area contributed by atoms with Crippen LogP contribution in [0.25, 0.3) is 0 Å². The predicted molar refractivity (Wildman–Crippen MR) is 94.8 cm³/mol. The standard InChI is InChI=1S/C18H24N4O2/c1-3-19-17(23)15-9-7-14(8-10-15)12-21-18(20-4-2)22-13-16-6-5-11-24-16/h5-11H,3-4,12-13H2,1-2H3,(H,19,23)(H2,20,21,22). The third-order valence-electron chi connectivity index (χ3n) is 3.33. The van der Waals surface area contributed by atoms with Gasteiger partial charge in [0.2, 0.25) is 0 Å². The summed E-state index contributed by atoms with van der Waals surface area (Å²) in [5.74, 6) is 1.52. The smallest absolute Gasteiger partial charge is 0.251 e. The van der Waals surface area contributed by atoms with Gasteiger partial charge in [-0.1, -0.05) is 12.1 Å². The summed E-state index contributed by atoms with van der Waals surface area (Å²) in [5.41, 5.74) is 1.70. The monoisotopic (exact) mass is 328 g/mol. The highest BCUT2D eigenvalue weighted by molar-refractivity contribution is 5.94. The van der Waals surface area contributed by atoms with Crippen LogP contribution >= 0.6 is 0 Å². The maximum absolute atomic E-state index is 11.7. The number of furan rings is 1. The Morgan fingerprint density at radius 2 is 1.79 bits per heavy atom. The molecule has 1 heterocycles. The molecule has 0 spiro atoms. The Morgan fingerprint density at radius 1 is 1.04 bits per heavy atom. The minimum absolute atomic E-state index is 0.0546. The van der Waals surface area contributed by atoms with E-state index < -0.39 is 0 Å². The number of carbonyl (C=O) groups excluding carboxylic acids is 1. The molecular weight excluding hydrogens is 304 g/mol. The predicted octanol–water partition coefficient (Wildman–Crippen LogP) is 2.28. The molecule has 0 radical (unpaired) electrons. The molecule has 2 aromatic rings. The Kier molecular flexibility index (Phi) is 6.89. The third kappa shape index (κ3) is 5.46. The maximum Gasteiger partial charge on any atom is 0.251 e. The zero-order valence-electron chi connectivity index (χ0n) is 14.1. The van der Waals surface area contributed by atoms with Gasteiger partial charge >= 0.3 is 0 Å². The summed E-state index contributed by atoms with van der Waals surface area (Å²) in [5, 5.41) is 9.20. The van der Waals surface area contributed by atoms with Crippen molar-refractivity contribution in [2.24, 2.45) is 4.99 Å². The molecule has 6 heteroatoms. The highest BCUT2D eigenvalue weighted by Crippen LogP contribution is 2.06. The Balaban J connectivity index is 1.93. The van der Waals surface area contributed by atoms with E-state index in [4.69, 9.17) is 4.42 Å². The minimum Gasteiger partial charge on any atom is -0.467 e. The molecule has 0 aliphatic carbocycles. The first kappa shape index (κ1) is 17.6. The zero-order chi connectivity index (χ0) is 17.2. The quantitative estimate of drug-likeness (QED) is 0.538. The molecule has 0 fully saturated rings. The normalized spacial score (nSPS) is 11.2. The molecule has 0 aliphatic heterocycles. The fourth-order valence-corrected chi connectivity index (χ4v) is 2.12. The number of hydrogen-bond acceptors (Lipinski definition) is 3. The average Bonchev–Trinajstić information content (AvgIpc) is 3.11. The number of carbonyl (C=O) groups is 1. The molecule has 6 nitrogen and oxygen atoms in total. The van der Waals surface area contributed by atoms with E-state index in [2.05, 4.69) is 20.9 Å². The molecule has 0 saturated carbocycles. The van der Waals surface area contributed by atoms with Crippen LogP contribution in [-0.4, -0.2) is 25.0 Å². The van der Waals surface area contributed by atoms with Crippen LogP contribution in [0.1, 0.15) is 35.5 Å². The highest BCUT2D eigenvalue weighted by Gasteiger charge is 2.04. The lowest BCUT2D eigenvalue weighted by atomic mass is 10.1. The van der Waals surface area contributed by atoms with Crippen molar-refractivity contribution in [3.8, 4) is 0 Å². The van der Waals surface area contributed by atoms with Gasteiger partial charge in [-0.3, -0.25) is 4.79 Å². The lowest BCUT2D eigenvalue weighted by Crippen LogP contribution is -2.36. The molecule has 2 rings (SSSR count). The minimum atomic E-state index is -0.0546. The fourth-order valence-electron chi connectivity index (χ4n) is 2.12. The lowest BCUT2D eigenvalue weighted by Gasteiger charge is -2.10. The molecule has 128 valence electrons. The van der Waals surface area contributed by atoms with E-state index in [0.29, 0.717) is 25.2 Å². The van der Waals surface area contributed by atoms with Gasteiger partial charge in [0.25, 0.3) is 5.91 Å². The van der Waals surface area contributed by atoms with E-state index >= 15 is 0 Å². The van der Waals surface area contributed by atoms with Crippen molar-refractivity contribution >= 4 is 11.9 Å². The van der Waals surface area contributed by atoms with Crippen LogP contribution in [0.4, 0.5) is 0 Å². The van der Waals surface area contributed by atoms with Crippen LogP contribution in [0.3, 0.4) is 0 Å². The lowest BCUT2D eigenvalue weighted by molar-refractivity contribution is 0.0956. The number of rotatable bonds is 7. The first-order valence-corrected chi connectivity index (χ1v) is 8.14. The van der Waals surface area contributed by atoms with Gasteiger partial charge in [0.05, 0.1) is 19.4 Å². The molecule has 1 amide bonds. The zero-order valence-corrected chi connectivity index (χ0v) is 14.1. The largest absolute Gasteiger partial charge is 0.467 e. The van der Waals surface area contributed by atoms with Gasteiger partial charge in [0.15, 0.2) is 5.96 Å². The Labute approximate surface area is 142 Å². The highest BCUT2D eigenvalue weighted by atomic mass is 16.3. The summed E-state index contributed by atoms with van der Waals surface area (Å²) < 4.78 is 5.30. The average molecular weight is 328 g/mol. The molecule has 1 aromatic heterocycles. The summed E-state index contributed by atoms with van der Waals surface area (Å²) in [4.78, 5) is 16.3. The van der Waals surface area contributed by atoms with Crippen LogP contribution in [0.15, 0.2) is 52.1 Å². The van der Waals surface area contributed by atoms with E-state index in [-0.39, 0.29) is 5.91 Å². The number of amides is 1. The molecule has 0 atom stereocenters. The van der Waals surface area contributed by atoms with Gasteiger partial charge < -0.3 is 20.4 Å². The van der Waals surface area contributed by atoms with Crippen LogP contribution < -0.4 is 16.0 Å². The second-order valence-electron chi connectivity index (χ2n) is 5.18. The summed E-state index contributed by atoms with van der Waals surface area (Å²) in [7, 11) is 0. The number of nitrogens with zero attached hydrogens (tertiary/aromatic N) is 1. The molecular formula is C18H24N4O2. The van der Waals surface area contributed by atoms with Gasteiger partial charge in [-0.2, -0.15) is 0 Å². The Bertz CT molecular complexity index is 648. The topological polar surface area (TPSA) is 78.7 Å². The van der Waals surface area contributed by atoms with Crippen LogP contribution in [0.5, 0.6) is 0 Å². The van der Waals surface area contributed by atoms with Crippen molar-refractivity contribution in [1.82, 2.24) is 16.0 Å². The van der Waals surface area contributed by atoms with E-state index in [9.17, 15) is 4.79 Å².